The topological polar surface area (TPSA) is 27.7 Å². The molecule has 0 saturated heterocycles. The summed E-state index contributed by atoms with van der Waals surface area (Å²) in [5, 5.41) is 0. The van der Waals surface area contributed by atoms with Crippen molar-refractivity contribution in [2.45, 2.75) is 31.3 Å². The minimum Gasteiger partial charge on any atom is -0.488 e. The average Bonchev–Trinajstić information content (AvgIpc) is 2.59. The second kappa shape index (κ2) is 7.75. The van der Waals surface area contributed by atoms with Crippen LogP contribution in [0.15, 0.2) is 77.7 Å². The Kier molecular flexibility index (Phi) is 5.43. The Labute approximate surface area is 160 Å². The van der Waals surface area contributed by atoms with Crippen LogP contribution in [0.4, 0.5) is 0 Å². The van der Waals surface area contributed by atoms with Crippen molar-refractivity contribution < 1.29 is 14.2 Å². The third-order valence-electron chi connectivity index (χ3n) is 3.38. The number of hydrogen-bond acceptors (Lipinski definition) is 4. The monoisotopic (exact) mass is 366 g/mol. The highest BCUT2D eigenvalue weighted by atomic mass is 32.1. The zero-order valence-electron chi connectivity index (χ0n) is 15.1. The molecular weight excluding hydrogens is 344 g/mol. The second-order valence-corrected chi connectivity index (χ2v) is 7.37. The molecule has 0 heterocycles. The molecule has 3 nitrogen and oxygen atoms in total. The molecule has 0 aliphatic carbocycles. The summed E-state index contributed by atoms with van der Waals surface area (Å²) in [5.74, 6) is 3.83. The van der Waals surface area contributed by atoms with Gasteiger partial charge >= 0.3 is 0 Å². The summed E-state index contributed by atoms with van der Waals surface area (Å²) in [6.07, 6.45) is 0. The first-order valence-electron chi connectivity index (χ1n) is 8.41. The van der Waals surface area contributed by atoms with Gasteiger partial charge in [0, 0.05) is 4.90 Å². The van der Waals surface area contributed by atoms with Crippen molar-refractivity contribution in [1.29, 1.82) is 0 Å². The minimum atomic E-state index is -0.217. The van der Waals surface area contributed by atoms with Crippen molar-refractivity contribution in [3.63, 3.8) is 0 Å². The summed E-state index contributed by atoms with van der Waals surface area (Å²) in [7, 11) is 0. The first-order valence-corrected chi connectivity index (χ1v) is 8.86. The van der Waals surface area contributed by atoms with Gasteiger partial charge in [0.2, 0.25) is 0 Å². The Bertz CT molecular complexity index is 833. The fraction of sp³-hybridized carbons (Fsp3) is 0.182. The van der Waals surface area contributed by atoms with Gasteiger partial charge in [0.05, 0.1) is 0 Å². The van der Waals surface area contributed by atoms with Gasteiger partial charge in [0.25, 0.3) is 0 Å². The number of thiol groups is 1. The van der Waals surface area contributed by atoms with Crippen LogP contribution in [0.1, 0.15) is 20.8 Å². The van der Waals surface area contributed by atoms with Gasteiger partial charge < -0.3 is 14.2 Å². The molecule has 0 aromatic heterocycles. The van der Waals surface area contributed by atoms with E-state index in [0.29, 0.717) is 0 Å². The van der Waals surface area contributed by atoms with Gasteiger partial charge in [0.1, 0.15) is 34.3 Å². The molecule has 0 N–H and O–H groups in total. The molecule has 0 spiro atoms. The summed E-state index contributed by atoms with van der Waals surface area (Å²) >= 11 is 4.27. The van der Waals surface area contributed by atoms with Gasteiger partial charge in [-0.05, 0) is 93.6 Å². The maximum absolute atomic E-state index is 5.86. The zero-order valence-corrected chi connectivity index (χ0v) is 16.0. The Hall–Kier alpha value is -2.59. The van der Waals surface area contributed by atoms with E-state index in [9.17, 15) is 0 Å². The van der Waals surface area contributed by atoms with Crippen LogP contribution >= 0.6 is 12.6 Å². The second-order valence-electron chi connectivity index (χ2n) is 6.86. The lowest BCUT2D eigenvalue weighted by molar-refractivity contribution is 0.131. The Balaban J connectivity index is 1.61. The Morgan fingerprint density at radius 2 is 0.846 bits per heavy atom. The highest BCUT2D eigenvalue weighted by Gasteiger charge is 2.11. The molecule has 0 amide bonds. The molecular formula is C22H22O3S. The molecule has 0 bridgehead atoms. The van der Waals surface area contributed by atoms with E-state index in [0.717, 1.165) is 33.6 Å². The van der Waals surface area contributed by atoms with Crippen LogP contribution < -0.4 is 14.2 Å². The lowest BCUT2D eigenvalue weighted by Crippen LogP contribution is -2.22. The highest BCUT2D eigenvalue weighted by Crippen LogP contribution is 2.28. The SMILES string of the molecule is CC(C)(C)Oc1ccc(Oc2ccc(Oc3ccc(S)cc3)cc2)cc1. The third kappa shape index (κ3) is 5.46. The standard InChI is InChI=1S/C22H22O3S/c1-22(2,3)25-20-10-8-18(9-11-20)23-16-4-6-17(7-5-16)24-19-12-14-21(26)15-13-19/h4-15,26H,1-3H3. The lowest BCUT2D eigenvalue weighted by atomic mass is 10.2. The number of rotatable bonds is 5. The first-order chi connectivity index (χ1) is 12.4. The van der Waals surface area contributed by atoms with Gasteiger partial charge in [-0.15, -0.1) is 12.6 Å². The van der Waals surface area contributed by atoms with Crippen LogP contribution in [-0.2, 0) is 0 Å². The van der Waals surface area contributed by atoms with Gasteiger partial charge in [-0.2, -0.15) is 0 Å². The molecule has 26 heavy (non-hydrogen) atoms. The van der Waals surface area contributed by atoms with E-state index in [4.69, 9.17) is 14.2 Å². The summed E-state index contributed by atoms with van der Waals surface area (Å²) < 4.78 is 17.5. The van der Waals surface area contributed by atoms with Crippen molar-refractivity contribution in [2.75, 3.05) is 0 Å². The highest BCUT2D eigenvalue weighted by molar-refractivity contribution is 7.80. The van der Waals surface area contributed by atoms with E-state index in [1.54, 1.807) is 0 Å². The molecule has 0 fully saturated rings. The molecule has 0 unspecified atom stereocenters. The van der Waals surface area contributed by atoms with Crippen molar-refractivity contribution >= 4 is 12.6 Å². The molecule has 0 aliphatic heterocycles. The number of hydrogen-bond donors (Lipinski definition) is 1. The van der Waals surface area contributed by atoms with Gasteiger partial charge in [0.15, 0.2) is 0 Å². The van der Waals surface area contributed by atoms with E-state index in [2.05, 4.69) is 12.6 Å². The third-order valence-corrected chi connectivity index (χ3v) is 3.68. The predicted octanol–water partition coefficient (Wildman–Crippen LogP) is 6.74. The fourth-order valence-corrected chi connectivity index (χ4v) is 2.44. The van der Waals surface area contributed by atoms with Gasteiger partial charge in [-0.3, -0.25) is 0 Å². The van der Waals surface area contributed by atoms with Crippen LogP contribution in [-0.4, -0.2) is 5.60 Å². The maximum atomic E-state index is 5.86. The van der Waals surface area contributed by atoms with E-state index in [1.807, 2.05) is 93.6 Å². The lowest BCUT2D eigenvalue weighted by Gasteiger charge is -2.21. The minimum absolute atomic E-state index is 0.217. The number of benzene rings is 3. The molecule has 3 rings (SSSR count). The first kappa shape index (κ1) is 18.2. The van der Waals surface area contributed by atoms with Crippen molar-refractivity contribution in [1.82, 2.24) is 0 Å². The molecule has 134 valence electrons. The van der Waals surface area contributed by atoms with Crippen LogP contribution in [0.3, 0.4) is 0 Å². The van der Waals surface area contributed by atoms with Crippen molar-refractivity contribution in [2.24, 2.45) is 0 Å². The Morgan fingerprint density at radius 1 is 0.538 bits per heavy atom. The molecule has 3 aromatic carbocycles. The molecule has 0 aliphatic rings. The smallest absolute Gasteiger partial charge is 0.127 e. The maximum Gasteiger partial charge on any atom is 0.127 e. The van der Waals surface area contributed by atoms with Crippen molar-refractivity contribution in [3.8, 4) is 28.7 Å². The average molecular weight is 366 g/mol. The number of ether oxygens (including phenoxy) is 3. The Morgan fingerprint density at radius 3 is 1.19 bits per heavy atom. The molecule has 4 heteroatoms. The van der Waals surface area contributed by atoms with E-state index < -0.39 is 0 Å². The van der Waals surface area contributed by atoms with Crippen LogP contribution in [0, 0.1) is 0 Å². The van der Waals surface area contributed by atoms with Crippen molar-refractivity contribution in [3.05, 3.63) is 72.8 Å². The quantitative estimate of drug-likeness (QED) is 0.507. The molecule has 3 aromatic rings. The van der Waals surface area contributed by atoms with E-state index in [-0.39, 0.29) is 5.60 Å². The van der Waals surface area contributed by atoms with Gasteiger partial charge in [-0.25, -0.2) is 0 Å². The summed E-state index contributed by atoms with van der Waals surface area (Å²) in [5.41, 5.74) is -0.217. The van der Waals surface area contributed by atoms with Gasteiger partial charge in [-0.1, -0.05) is 0 Å². The summed E-state index contributed by atoms with van der Waals surface area (Å²) in [4.78, 5) is 0.903. The van der Waals surface area contributed by atoms with E-state index >= 15 is 0 Å². The fourth-order valence-electron chi connectivity index (χ4n) is 2.29. The summed E-state index contributed by atoms with van der Waals surface area (Å²) in [6, 6.07) is 22.7. The largest absolute Gasteiger partial charge is 0.488 e. The van der Waals surface area contributed by atoms with Crippen LogP contribution in [0.5, 0.6) is 28.7 Å². The predicted molar refractivity (Wildman–Crippen MR) is 107 cm³/mol. The molecule has 0 atom stereocenters. The summed E-state index contributed by atoms with van der Waals surface area (Å²) in [6.45, 7) is 6.07. The molecule has 0 radical (unpaired) electrons. The van der Waals surface area contributed by atoms with Crippen LogP contribution in [0.2, 0.25) is 0 Å². The van der Waals surface area contributed by atoms with E-state index in [1.165, 1.54) is 0 Å². The normalized spacial score (nSPS) is 11.1. The van der Waals surface area contributed by atoms with Crippen LogP contribution in [0.25, 0.3) is 0 Å². The zero-order chi connectivity index (χ0) is 18.6. The molecule has 0 saturated carbocycles.